The first-order valence-electron chi connectivity index (χ1n) is 4.32. The number of fused-ring (bicyclic) bond motifs is 1. The van der Waals surface area contributed by atoms with Crippen LogP contribution in [0, 0.1) is 0 Å². The molecule has 0 fully saturated rings. The van der Waals surface area contributed by atoms with Gasteiger partial charge in [0, 0.05) is 12.1 Å². The van der Waals surface area contributed by atoms with Crippen molar-refractivity contribution in [2.24, 2.45) is 5.73 Å². The predicted octanol–water partition coefficient (Wildman–Crippen LogP) is -0.344. The molecule has 1 aromatic heterocycles. The molecule has 0 saturated carbocycles. The minimum absolute atomic E-state index is 0.310. The number of aliphatic hydroxyl groups excluding tert-OH is 1. The Morgan fingerprint density at radius 1 is 1.77 bits per heavy atom. The summed E-state index contributed by atoms with van der Waals surface area (Å²) >= 11 is 0. The highest BCUT2D eigenvalue weighted by atomic mass is 16.5. The topological polar surface area (TPSA) is 73.3 Å². The molecule has 0 radical (unpaired) electrons. The lowest BCUT2D eigenvalue weighted by Gasteiger charge is -2.10. The van der Waals surface area contributed by atoms with Crippen LogP contribution in [0.1, 0.15) is 18.7 Å². The van der Waals surface area contributed by atoms with E-state index >= 15 is 0 Å². The monoisotopic (exact) mass is 183 g/mol. The van der Waals surface area contributed by atoms with Crippen LogP contribution >= 0.6 is 0 Å². The zero-order valence-electron chi connectivity index (χ0n) is 7.47. The van der Waals surface area contributed by atoms with E-state index in [1.54, 1.807) is 17.7 Å². The van der Waals surface area contributed by atoms with Crippen LogP contribution in [-0.4, -0.2) is 27.5 Å². The Morgan fingerprint density at radius 3 is 3.15 bits per heavy atom. The number of rotatable bonds is 2. The molecule has 2 rings (SSSR count). The smallest absolute Gasteiger partial charge is 0.212 e. The number of aromatic nitrogens is 2. The van der Waals surface area contributed by atoms with E-state index in [4.69, 9.17) is 10.5 Å². The summed E-state index contributed by atoms with van der Waals surface area (Å²) in [6.07, 6.45) is -0.707. The summed E-state index contributed by atoms with van der Waals surface area (Å²) in [4.78, 5) is 0. The second kappa shape index (κ2) is 3.01. The van der Waals surface area contributed by atoms with Crippen LogP contribution in [0.25, 0.3) is 0 Å². The molecule has 2 atom stereocenters. The Kier molecular flexibility index (Phi) is 1.97. The largest absolute Gasteiger partial charge is 0.476 e. The molecular weight excluding hydrogens is 170 g/mol. The van der Waals surface area contributed by atoms with E-state index in [-0.39, 0.29) is 6.04 Å². The minimum atomic E-state index is -0.707. The zero-order chi connectivity index (χ0) is 9.42. The van der Waals surface area contributed by atoms with E-state index in [0.29, 0.717) is 12.3 Å². The van der Waals surface area contributed by atoms with Gasteiger partial charge in [0.15, 0.2) is 0 Å². The average molecular weight is 183 g/mol. The predicted molar refractivity (Wildman–Crippen MR) is 46.3 cm³/mol. The van der Waals surface area contributed by atoms with Gasteiger partial charge in [-0.2, -0.15) is 5.10 Å². The molecule has 0 bridgehead atoms. The van der Waals surface area contributed by atoms with Crippen molar-refractivity contribution in [3.63, 3.8) is 0 Å². The number of nitrogens with two attached hydrogens (primary N) is 1. The lowest BCUT2D eigenvalue weighted by atomic mass is 10.1. The van der Waals surface area contributed by atoms with Crippen LogP contribution in [0.3, 0.4) is 0 Å². The third kappa shape index (κ3) is 1.40. The number of hydrogen-bond donors (Lipinski definition) is 2. The zero-order valence-corrected chi connectivity index (χ0v) is 7.47. The molecule has 0 aliphatic carbocycles. The summed E-state index contributed by atoms with van der Waals surface area (Å²) in [5.41, 5.74) is 6.13. The van der Waals surface area contributed by atoms with Crippen LogP contribution in [-0.2, 0) is 6.54 Å². The number of nitrogens with zero attached hydrogens (tertiary/aromatic N) is 2. The summed E-state index contributed by atoms with van der Waals surface area (Å²) in [6, 6.07) is 1.43. The van der Waals surface area contributed by atoms with Crippen molar-refractivity contribution >= 4 is 0 Å². The molecular formula is C8H13N3O2. The summed E-state index contributed by atoms with van der Waals surface area (Å²) in [5.74, 6) is 0.717. The average Bonchev–Trinajstić information content (AvgIpc) is 2.59. The van der Waals surface area contributed by atoms with Gasteiger partial charge in [-0.05, 0) is 6.92 Å². The van der Waals surface area contributed by atoms with Gasteiger partial charge >= 0.3 is 0 Å². The van der Waals surface area contributed by atoms with Crippen LogP contribution in [0.2, 0.25) is 0 Å². The lowest BCUT2D eigenvalue weighted by molar-refractivity contribution is 0.147. The maximum absolute atomic E-state index is 9.60. The maximum atomic E-state index is 9.60. The number of hydrogen-bond acceptors (Lipinski definition) is 4. The van der Waals surface area contributed by atoms with Gasteiger partial charge in [0.25, 0.3) is 0 Å². The lowest BCUT2D eigenvalue weighted by Crippen LogP contribution is -2.24. The minimum Gasteiger partial charge on any atom is -0.476 e. The molecule has 2 heterocycles. The van der Waals surface area contributed by atoms with Gasteiger partial charge in [-0.1, -0.05) is 0 Å². The van der Waals surface area contributed by atoms with E-state index in [0.717, 1.165) is 12.4 Å². The van der Waals surface area contributed by atoms with Crippen molar-refractivity contribution in [1.82, 2.24) is 9.78 Å². The maximum Gasteiger partial charge on any atom is 0.212 e. The Labute approximate surface area is 76.1 Å². The highest BCUT2D eigenvalue weighted by Gasteiger charge is 2.21. The third-order valence-corrected chi connectivity index (χ3v) is 2.12. The molecule has 0 saturated heterocycles. The van der Waals surface area contributed by atoms with Crippen LogP contribution < -0.4 is 10.5 Å². The first-order valence-corrected chi connectivity index (χ1v) is 4.32. The fourth-order valence-corrected chi connectivity index (χ4v) is 1.35. The van der Waals surface area contributed by atoms with Crippen molar-refractivity contribution in [2.75, 3.05) is 6.61 Å². The van der Waals surface area contributed by atoms with E-state index < -0.39 is 6.10 Å². The Balaban J connectivity index is 2.23. The molecule has 1 aromatic rings. The Hall–Kier alpha value is -1.07. The van der Waals surface area contributed by atoms with Gasteiger partial charge in [-0.3, -0.25) is 0 Å². The summed E-state index contributed by atoms with van der Waals surface area (Å²) in [7, 11) is 0. The van der Waals surface area contributed by atoms with E-state index in [2.05, 4.69) is 5.10 Å². The molecule has 3 N–H and O–H groups in total. The third-order valence-electron chi connectivity index (χ3n) is 2.12. The van der Waals surface area contributed by atoms with Crippen molar-refractivity contribution in [3.05, 3.63) is 11.8 Å². The van der Waals surface area contributed by atoms with Gasteiger partial charge in [0.2, 0.25) is 5.88 Å². The van der Waals surface area contributed by atoms with Crippen LogP contribution in [0.5, 0.6) is 5.88 Å². The highest BCUT2D eigenvalue weighted by Crippen LogP contribution is 2.23. The Bertz CT molecular complexity index is 287. The molecule has 2 unspecified atom stereocenters. The SMILES string of the molecule is CC(N)C(O)c1cc2n(n1)CCO2. The molecule has 72 valence electrons. The van der Waals surface area contributed by atoms with E-state index in [1.807, 2.05) is 0 Å². The number of ether oxygens (including phenoxy) is 1. The molecule has 1 aliphatic rings. The normalized spacial score (nSPS) is 19.3. The molecule has 0 aromatic carbocycles. The molecule has 1 aliphatic heterocycles. The summed E-state index contributed by atoms with van der Waals surface area (Å²) in [6.45, 7) is 3.16. The van der Waals surface area contributed by atoms with Crippen molar-refractivity contribution in [2.45, 2.75) is 25.6 Å². The van der Waals surface area contributed by atoms with Crippen molar-refractivity contribution in [1.29, 1.82) is 0 Å². The fraction of sp³-hybridized carbons (Fsp3) is 0.625. The van der Waals surface area contributed by atoms with E-state index in [9.17, 15) is 5.11 Å². The van der Waals surface area contributed by atoms with Gasteiger partial charge in [0.05, 0.1) is 12.2 Å². The molecule has 5 heteroatoms. The second-order valence-corrected chi connectivity index (χ2v) is 3.28. The quantitative estimate of drug-likeness (QED) is 0.657. The van der Waals surface area contributed by atoms with Crippen molar-refractivity contribution < 1.29 is 9.84 Å². The van der Waals surface area contributed by atoms with Gasteiger partial charge in [-0.15, -0.1) is 0 Å². The molecule has 13 heavy (non-hydrogen) atoms. The van der Waals surface area contributed by atoms with E-state index in [1.165, 1.54) is 0 Å². The Morgan fingerprint density at radius 2 is 2.54 bits per heavy atom. The molecule has 5 nitrogen and oxygen atoms in total. The molecule has 0 amide bonds. The van der Waals surface area contributed by atoms with Gasteiger partial charge in [0.1, 0.15) is 12.7 Å². The summed E-state index contributed by atoms with van der Waals surface area (Å²) in [5, 5.41) is 13.8. The van der Waals surface area contributed by atoms with Crippen molar-refractivity contribution in [3.8, 4) is 5.88 Å². The van der Waals surface area contributed by atoms with Crippen LogP contribution in [0.15, 0.2) is 6.07 Å². The fourth-order valence-electron chi connectivity index (χ4n) is 1.35. The molecule has 0 spiro atoms. The summed E-state index contributed by atoms with van der Waals surface area (Å²) < 4.78 is 6.99. The highest BCUT2D eigenvalue weighted by molar-refractivity contribution is 5.20. The first kappa shape index (κ1) is 8.52. The van der Waals surface area contributed by atoms with Gasteiger partial charge < -0.3 is 15.6 Å². The van der Waals surface area contributed by atoms with Crippen LogP contribution in [0.4, 0.5) is 0 Å². The number of aliphatic hydroxyl groups is 1. The van der Waals surface area contributed by atoms with Gasteiger partial charge in [-0.25, -0.2) is 4.68 Å². The first-order chi connectivity index (χ1) is 6.18. The second-order valence-electron chi connectivity index (χ2n) is 3.28. The standard InChI is InChI=1S/C8H13N3O2/c1-5(9)8(12)6-4-7-11(10-6)2-3-13-7/h4-5,8,12H,2-3,9H2,1H3.